The van der Waals surface area contributed by atoms with Gasteiger partial charge in [-0.1, -0.05) is 17.7 Å². The molecule has 0 saturated carbocycles. The number of nitrogens with zero attached hydrogens (tertiary/aromatic N) is 4. The topological polar surface area (TPSA) is 60.9 Å². The Morgan fingerprint density at radius 2 is 1.91 bits per heavy atom. The summed E-state index contributed by atoms with van der Waals surface area (Å²) in [5.74, 6) is -0.00861. The molecule has 35 heavy (non-hydrogen) atoms. The van der Waals surface area contributed by atoms with Crippen molar-refractivity contribution in [3.63, 3.8) is 0 Å². The number of hydrogen-bond acceptors (Lipinski definition) is 7. The molecule has 4 heterocycles. The summed E-state index contributed by atoms with van der Waals surface area (Å²) in [6.45, 7) is 8.97. The minimum atomic E-state index is -0.00861. The summed E-state index contributed by atoms with van der Waals surface area (Å²) < 4.78 is 6.51. The van der Waals surface area contributed by atoms with Crippen LogP contribution in [0.1, 0.15) is 16.8 Å². The summed E-state index contributed by atoms with van der Waals surface area (Å²) in [4.78, 5) is 24.5. The number of morpholine rings is 1. The third kappa shape index (κ3) is 5.78. The highest BCUT2D eigenvalue weighted by atomic mass is 35.5. The third-order valence-electron chi connectivity index (χ3n) is 6.76. The largest absolute Gasteiger partial charge is 0.384 e. The first-order valence-electron chi connectivity index (χ1n) is 12.3. The van der Waals surface area contributed by atoms with Gasteiger partial charge in [-0.05, 0) is 49.7 Å². The number of amides is 1. The number of rotatable bonds is 7. The van der Waals surface area contributed by atoms with Crippen LogP contribution >= 0.6 is 22.9 Å². The molecule has 5 rings (SSSR count). The average Bonchev–Trinajstić information content (AvgIpc) is 3.36. The highest BCUT2D eigenvalue weighted by Gasteiger charge is 2.20. The number of benzene rings is 1. The van der Waals surface area contributed by atoms with Gasteiger partial charge in [0.2, 0.25) is 0 Å². The summed E-state index contributed by atoms with van der Waals surface area (Å²) in [6.07, 6.45) is 1.09. The fourth-order valence-corrected chi connectivity index (χ4v) is 5.73. The molecule has 0 bridgehead atoms. The molecule has 1 N–H and O–H groups in total. The van der Waals surface area contributed by atoms with Gasteiger partial charge in [-0.15, -0.1) is 11.3 Å². The standard InChI is InChI=1S/C26H32ClN5O2S/c1-30-8-10-31(11-9-30)7-2-6-28-24-18-23(29-22-5-16-35-25(22)24)20-4-3-19(17-21(20)27)26(33)32-12-14-34-15-13-32/h3-5,16-18H,2,6-15H2,1H3,(H,28,29). The number of anilines is 1. The molecule has 7 nitrogen and oxygen atoms in total. The summed E-state index contributed by atoms with van der Waals surface area (Å²) in [5, 5.41) is 6.25. The second-order valence-electron chi connectivity index (χ2n) is 9.21. The summed E-state index contributed by atoms with van der Waals surface area (Å²) in [7, 11) is 2.19. The summed E-state index contributed by atoms with van der Waals surface area (Å²) in [5.41, 5.74) is 4.28. The van der Waals surface area contributed by atoms with Gasteiger partial charge < -0.3 is 24.8 Å². The number of piperazine rings is 1. The number of halogens is 1. The van der Waals surface area contributed by atoms with E-state index in [1.165, 1.54) is 0 Å². The van der Waals surface area contributed by atoms with Crippen molar-refractivity contribution in [1.82, 2.24) is 19.7 Å². The van der Waals surface area contributed by atoms with Gasteiger partial charge in [0.25, 0.3) is 5.91 Å². The van der Waals surface area contributed by atoms with Crippen LogP contribution in [-0.4, -0.2) is 98.2 Å². The zero-order chi connectivity index (χ0) is 24.2. The molecule has 2 fully saturated rings. The molecular weight excluding hydrogens is 482 g/mol. The van der Waals surface area contributed by atoms with E-state index in [4.69, 9.17) is 21.3 Å². The molecule has 2 aliphatic rings. The molecule has 2 saturated heterocycles. The van der Waals surface area contributed by atoms with Crippen molar-refractivity contribution < 1.29 is 9.53 Å². The van der Waals surface area contributed by atoms with Crippen molar-refractivity contribution in [3.05, 3.63) is 46.3 Å². The molecule has 2 aromatic heterocycles. The SMILES string of the molecule is CN1CCN(CCCNc2cc(-c3ccc(C(=O)N4CCOCC4)cc3Cl)nc3ccsc23)CC1. The number of likely N-dealkylation sites (N-methyl/N-ethyl adjacent to an activating group) is 1. The third-order valence-corrected chi connectivity index (χ3v) is 8.01. The Balaban J connectivity index is 1.29. The van der Waals surface area contributed by atoms with Crippen LogP contribution in [0.3, 0.4) is 0 Å². The van der Waals surface area contributed by atoms with Crippen molar-refractivity contribution in [2.24, 2.45) is 0 Å². The highest BCUT2D eigenvalue weighted by molar-refractivity contribution is 7.17. The minimum Gasteiger partial charge on any atom is -0.384 e. The number of aromatic nitrogens is 1. The Morgan fingerprint density at radius 1 is 1.11 bits per heavy atom. The molecule has 9 heteroatoms. The molecule has 0 unspecified atom stereocenters. The zero-order valence-electron chi connectivity index (χ0n) is 20.1. The minimum absolute atomic E-state index is 0.00861. The number of nitrogens with one attached hydrogen (secondary N) is 1. The fourth-order valence-electron chi connectivity index (χ4n) is 4.63. The average molecular weight is 514 g/mol. The maximum atomic E-state index is 12.9. The predicted octanol–water partition coefficient (Wildman–Crippen LogP) is 4.14. The molecule has 1 amide bonds. The van der Waals surface area contributed by atoms with Crippen LogP contribution in [0.4, 0.5) is 5.69 Å². The van der Waals surface area contributed by atoms with Crippen molar-refractivity contribution >= 4 is 44.7 Å². The van der Waals surface area contributed by atoms with Crippen LogP contribution in [0, 0.1) is 0 Å². The maximum absolute atomic E-state index is 12.9. The van der Waals surface area contributed by atoms with Crippen LogP contribution in [0.15, 0.2) is 35.7 Å². The number of thiophene rings is 1. The van der Waals surface area contributed by atoms with Crippen LogP contribution in [0.25, 0.3) is 21.5 Å². The normalized spacial score (nSPS) is 17.7. The van der Waals surface area contributed by atoms with E-state index < -0.39 is 0 Å². The lowest BCUT2D eigenvalue weighted by Gasteiger charge is -2.32. The van der Waals surface area contributed by atoms with Crippen molar-refractivity contribution in [2.75, 3.05) is 77.9 Å². The van der Waals surface area contributed by atoms with E-state index in [1.807, 2.05) is 23.1 Å². The highest BCUT2D eigenvalue weighted by Crippen LogP contribution is 2.35. The van der Waals surface area contributed by atoms with Gasteiger partial charge in [-0.3, -0.25) is 4.79 Å². The number of pyridine rings is 1. The second kappa shape index (κ2) is 11.2. The van der Waals surface area contributed by atoms with Gasteiger partial charge in [0, 0.05) is 56.9 Å². The van der Waals surface area contributed by atoms with Crippen molar-refractivity contribution in [3.8, 4) is 11.3 Å². The van der Waals surface area contributed by atoms with Gasteiger partial charge >= 0.3 is 0 Å². The predicted molar refractivity (Wildman–Crippen MR) is 144 cm³/mol. The van der Waals surface area contributed by atoms with Gasteiger partial charge in [0.1, 0.15) is 0 Å². The zero-order valence-corrected chi connectivity index (χ0v) is 21.7. The van der Waals surface area contributed by atoms with Crippen molar-refractivity contribution in [2.45, 2.75) is 6.42 Å². The van der Waals surface area contributed by atoms with E-state index in [0.29, 0.717) is 36.9 Å². The summed E-state index contributed by atoms with van der Waals surface area (Å²) in [6, 6.07) is 9.65. The van der Waals surface area contributed by atoms with Gasteiger partial charge in [0.05, 0.1) is 39.8 Å². The number of carbonyl (C=O) groups is 1. The Hall–Kier alpha value is -2.23. The lowest BCUT2D eigenvalue weighted by atomic mass is 10.1. The first-order chi connectivity index (χ1) is 17.1. The Morgan fingerprint density at radius 3 is 2.69 bits per heavy atom. The molecule has 1 aromatic carbocycles. The number of fused-ring (bicyclic) bond motifs is 1. The fraction of sp³-hybridized carbons (Fsp3) is 0.462. The molecule has 0 aliphatic carbocycles. The lowest BCUT2D eigenvalue weighted by molar-refractivity contribution is 0.0303. The van der Waals surface area contributed by atoms with Crippen LogP contribution in [0.5, 0.6) is 0 Å². The molecule has 0 atom stereocenters. The summed E-state index contributed by atoms with van der Waals surface area (Å²) >= 11 is 8.38. The molecular formula is C26H32ClN5O2S. The molecule has 186 valence electrons. The van der Waals surface area contributed by atoms with Gasteiger partial charge in [0.15, 0.2) is 0 Å². The number of carbonyl (C=O) groups excluding carboxylic acids is 1. The quantitative estimate of drug-likeness (QED) is 0.479. The molecule has 2 aliphatic heterocycles. The molecule has 3 aromatic rings. The van der Waals surface area contributed by atoms with Crippen molar-refractivity contribution in [1.29, 1.82) is 0 Å². The van der Waals surface area contributed by atoms with E-state index in [9.17, 15) is 4.79 Å². The Labute approximate surface area is 215 Å². The second-order valence-corrected chi connectivity index (χ2v) is 10.5. The number of ether oxygens (including phenoxy) is 1. The first kappa shape index (κ1) is 24.5. The molecule has 0 radical (unpaired) electrons. The van der Waals surface area contributed by atoms with Gasteiger partial charge in [-0.2, -0.15) is 0 Å². The first-order valence-corrected chi connectivity index (χ1v) is 13.5. The Kier molecular flexibility index (Phi) is 7.84. The number of hydrogen-bond donors (Lipinski definition) is 1. The van der Waals surface area contributed by atoms with E-state index in [0.717, 1.165) is 72.9 Å². The maximum Gasteiger partial charge on any atom is 0.254 e. The monoisotopic (exact) mass is 513 g/mol. The van der Waals surface area contributed by atoms with Gasteiger partial charge in [-0.25, -0.2) is 4.98 Å². The van der Waals surface area contributed by atoms with E-state index in [1.54, 1.807) is 17.4 Å². The smallest absolute Gasteiger partial charge is 0.254 e. The molecule has 0 spiro atoms. The lowest BCUT2D eigenvalue weighted by Crippen LogP contribution is -2.44. The van der Waals surface area contributed by atoms with Crippen LogP contribution in [-0.2, 0) is 4.74 Å². The van der Waals surface area contributed by atoms with Crippen LogP contribution < -0.4 is 5.32 Å². The van der Waals surface area contributed by atoms with E-state index >= 15 is 0 Å². The Bertz CT molecular complexity index is 1170. The van der Waals surface area contributed by atoms with Crippen LogP contribution in [0.2, 0.25) is 5.02 Å². The van der Waals surface area contributed by atoms with E-state index in [2.05, 4.69) is 33.6 Å². The van der Waals surface area contributed by atoms with E-state index in [-0.39, 0.29) is 5.91 Å².